The fourth-order valence-electron chi connectivity index (χ4n) is 3.14. The molecule has 106 valence electrons. The van der Waals surface area contributed by atoms with Gasteiger partial charge in [0.2, 0.25) is 0 Å². The maximum Gasteiger partial charge on any atom is 0.141 e. The van der Waals surface area contributed by atoms with Crippen molar-refractivity contribution >= 4 is 11.6 Å². The Kier molecular flexibility index (Phi) is 5.20. The highest BCUT2D eigenvalue weighted by atomic mass is 35.5. The maximum atomic E-state index is 13.2. The Morgan fingerprint density at radius 1 is 1.37 bits per heavy atom. The van der Waals surface area contributed by atoms with E-state index in [1.165, 1.54) is 38.2 Å². The van der Waals surface area contributed by atoms with Crippen LogP contribution in [-0.2, 0) is 0 Å². The van der Waals surface area contributed by atoms with Crippen LogP contribution >= 0.6 is 11.6 Å². The molecule has 1 atom stereocenters. The van der Waals surface area contributed by atoms with Gasteiger partial charge in [-0.05, 0) is 42.4 Å². The van der Waals surface area contributed by atoms with Crippen LogP contribution < -0.4 is 11.3 Å². The summed E-state index contributed by atoms with van der Waals surface area (Å²) in [7, 11) is 0. The van der Waals surface area contributed by atoms with Gasteiger partial charge in [-0.25, -0.2) is 4.39 Å². The average Bonchev–Trinajstić information content (AvgIpc) is 2.44. The molecule has 1 aromatic rings. The number of halogens is 2. The van der Waals surface area contributed by atoms with Crippen molar-refractivity contribution in [3.63, 3.8) is 0 Å². The minimum atomic E-state index is -0.379. The van der Waals surface area contributed by atoms with E-state index >= 15 is 0 Å². The van der Waals surface area contributed by atoms with Gasteiger partial charge >= 0.3 is 0 Å². The molecule has 3 N–H and O–H groups in total. The minimum absolute atomic E-state index is 0.0657. The summed E-state index contributed by atoms with van der Waals surface area (Å²) in [5, 5.41) is 0.167. The Morgan fingerprint density at radius 2 is 2.05 bits per heavy atom. The molecule has 1 fully saturated rings. The normalized spacial score (nSPS) is 25.3. The molecular weight excluding hydrogens is 263 g/mol. The monoisotopic (exact) mass is 284 g/mol. The van der Waals surface area contributed by atoms with E-state index < -0.39 is 0 Å². The van der Waals surface area contributed by atoms with E-state index in [4.69, 9.17) is 17.4 Å². The topological polar surface area (TPSA) is 38.0 Å². The summed E-state index contributed by atoms with van der Waals surface area (Å²) in [4.78, 5) is 0. The van der Waals surface area contributed by atoms with Gasteiger partial charge in [0.05, 0.1) is 5.02 Å². The molecule has 0 spiro atoms. The predicted molar refractivity (Wildman–Crippen MR) is 77.2 cm³/mol. The van der Waals surface area contributed by atoms with E-state index in [0.717, 1.165) is 11.5 Å². The van der Waals surface area contributed by atoms with Crippen LogP contribution in [0, 0.1) is 17.7 Å². The summed E-state index contributed by atoms with van der Waals surface area (Å²) in [6, 6.07) is 4.95. The van der Waals surface area contributed by atoms with Gasteiger partial charge in [0.1, 0.15) is 5.82 Å². The van der Waals surface area contributed by atoms with Gasteiger partial charge in [-0.2, -0.15) is 0 Å². The molecule has 4 heteroatoms. The highest BCUT2D eigenvalue weighted by Crippen LogP contribution is 2.38. The summed E-state index contributed by atoms with van der Waals surface area (Å²) in [5.41, 5.74) is 3.87. The fraction of sp³-hybridized carbons (Fsp3) is 0.600. The third-order valence-electron chi connectivity index (χ3n) is 4.42. The van der Waals surface area contributed by atoms with E-state index in [0.29, 0.717) is 5.92 Å². The number of hydrogen-bond acceptors (Lipinski definition) is 2. The van der Waals surface area contributed by atoms with Crippen LogP contribution in [0.5, 0.6) is 0 Å². The second kappa shape index (κ2) is 6.69. The minimum Gasteiger partial charge on any atom is -0.271 e. The number of nitrogens with one attached hydrogen (secondary N) is 1. The Balaban J connectivity index is 2.09. The van der Waals surface area contributed by atoms with E-state index in [9.17, 15) is 4.39 Å². The third-order valence-corrected chi connectivity index (χ3v) is 4.71. The molecule has 0 bridgehead atoms. The second-order valence-electron chi connectivity index (χ2n) is 5.51. The Morgan fingerprint density at radius 3 is 2.58 bits per heavy atom. The SMILES string of the molecule is CCC1CCC(C(NN)c2ccc(F)c(Cl)c2)CC1. The summed E-state index contributed by atoms with van der Waals surface area (Å²) in [6.45, 7) is 2.25. The Hall–Kier alpha value is -0.640. The van der Waals surface area contributed by atoms with Crippen LogP contribution in [-0.4, -0.2) is 0 Å². The lowest BCUT2D eigenvalue weighted by Gasteiger charge is -2.33. The molecule has 0 heterocycles. The van der Waals surface area contributed by atoms with Crippen molar-refractivity contribution < 1.29 is 4.39 Å². The summed E-state index contributed by atoms with van der Waals surface area (Å²) < 4.78 is 13.2. The average molecular weight is 285 g/mol. The molecule has 2 rings (SSSR count). The van der Waals surface area contributed by atoms with Crippen molar-refractivity contribution in [2.75, 3.05) is 0 Å². The number of rotatable bonds is 4. The van der Waals surface area contributed by atoms with Gasteiger partial charge in [0.15, 0.2) is 0 Å². The largest absolute Gasteiger partial charge is 0.271 e. The Bertz CT molecular complexity index is 417. The van der Waals surface area contributed by atoms with Crippen molar-refractivity contribution in [3.8, 4) is 0 Å². The molecule has 1 saturated carbocycles. The lowest BCUT2D eigenvalue weighted by Crippen LogP contribution is -2.35. The fourth-order valence-corrected chi connectivity index (χ4v) is 3.33. The quantitative estimate of drug-likeness (QED) is 0.642. The molecule has 1 aliphatic rings. The van der Waals surface area contributed by atoms with E-state index in [1.807, 2.05) is 0 Å². The maximum absolute atomic E-state index is 13.2. The highest BCUT2D eigenvalue weighted by Gasteiger charge is 2.27. The molecule has 2 nitrogen and oxygen atoms in total. The summed E-state index contributed by atoms with van der Waals surface area (Å²) >= 11 is 5.86. The smallest absolute Gasteiger partial charge is 0.141 e. The number of benzene rings is 1. The molecule has 0 aliphatic heterocycles. The third kappa shape index (κ3) is 3.47. The van der Waals surface area contributed by atoms with Crippen molar-refractivity contribution in [3.05, 3.63) is 34.6 Å². The molecule has 0 amide bonds. The first-order valence-electron chi connectivity index (χ1n) is 7.06. The zero-order valence-electron chi connectivity index (χ0n) is 11.3. The molecule has 1 aliphatic carbocycles. The van der Waals surface area contributed by atoms with Crippen LogP contribution in [0.25, 0.3) is 0 Å². The molecule has 0 saturated heterocycles. The van der Waals surface area contributed by atoms with E-state index in [-0.39, 0.29) is 16.9 Å². The van der Waals surface area contributed by atoms with Crippen LogP contribution in [0.3, 0.4) is 0 Å². The zero-order valence-corrected chi connectivity index (χ0v) is 12.1. The zero-order chi connectivity index (χ0) is 13.8. The lowest BCUT2D eigenvalue weighted by molar-refractivity contribution is 0.219. The molecule has 0 radical (unpaired) electrons. The molecule has 0 aromatic heterocycles. The van der Waals surface area contributed by atoms with Gasteiger partial charge in [0.25, 0.3) is 0 Å². The number of hydrazine groups is 1. The van der Waals surface area contributed by atoms with Crippen LogP contribution in [0.15, 0.2) is 18.2 Å². The summed E-state index contributed by atoms with van der Waals surface area (Å²) in [5.74, 6) is 6.69. The number of hydrogen-bond donors (Lipinski definition) is 2. The second-order valence-corrected chi connectivity index (χ2v) is 5.91. The number of nitrogens with two attached hydrogens (primary N) is 1. The van der Waals surface area contributed by atoms with Gasteiger partial charge in [0, 0.05) is 6.04 Å². The highest BCUT2D eigenvalue weighted by molar-refractivity contribution is 6.30. The van der Waals surface area contributed by atoms with Crippen molar-refractivity contribution in [1.82, 2.24) is 5.43 Å². The molecule has 19 heavy (non-hydrogen) atoms. The van der Waals surface area contributed by atoms with E-state index in [1.54, 1.807) is 12.1 Å². The predicted octanol–water partition coefficient (Wildman–Crippen LogP) is 4.20. The first-order valence-corrected chi connectivity index (χ1v) is 7.44. The lowest BCUT2D eigenvalue weighted by atomic mass is 9.76. The van der Waals surface area contributed by atoms with Gasteiger partial charge in [-0.1, -0.05) is 43.9 Å². The van der Waals surface area contributed by atoms with Crippen molar-refractivity contribution in [1.29, 1.82) is 0 Å². The first-order chi connectivity index (χ1) is 9.15. The van der Waals surface area contributed by atoms with Crippen molar-refractivity contribution in [2.24, 2.45) is 17.7 Å². The molecular formula is C15H22ClFN2. The van der Waals surface area contributed by atoms with Gasteiger partial charge < -0.3 is 0 Å². The Labute approximate surface area is 119 Å². The molecule has 1 aromatic carbocycles. The van der Waals surface area contributed by atoms with Crippen molar-refractivity contribution in [2.45, 2.75) is 45.1 Å². The van der Waals surface area contributed by atoms with Gasteiger partial charge in [-0.15, -0.1) is 0 Å². The standard InChI is InChI=1S/C15H22ClFN2/c1-2-10-3-5-11(6-4-10)15(19-18)12-7-8-14(17)13(16)9-12/h7-11,15,19H,2-6,18H2,1H3. The van der Waals surface area contributed by atoms with E-state index in [2.05, 4.69) is 12.3 Å². The van der Waals surface area contributed by atoms with Crippen LogP contribution in [0.1, 0.15) is 50.6 Å². The first kappa shape index (κ1) is 14.8. The van der Waals surface area contributed by atoms with Crippen LogP contribution in [0.4, 0.5) is 4.39 Å². The van der Waals surface area contributed by atoms with Gasteiger partial charge in [-0.3, -0.25) is 11.3 Å². The van der Waals surface area contributed by atoms with Crippen LogP contribution in [0.2, 0.25) is 5.02 Å². The molecule has 1 unspecified atom stereocenters. The summed E-state index contributed by atoms with van der Waals surface area (Å²) in [6.07, 6.45) is 6.11.